The van der Waals surface area contributed by atoms with Crippen LogP contribution in [0.15, 0.2) is 0 Å². The molecule has 0 aliphatic rings. The maximum Gasteiger partial charge on any atom is 0.406 e. The molecule has 0 spiro atoms. The minimum Gasteiger partial charge on any atom is -0.395 e. The average Bonchev–Trinajstić information content (AvgIpc) is 2.22. The summed E-state index contributed by atoms with van der Waals surface area (Å²) in [4.78, 5) is 12.1. The molecule has 0 aromatic carbocycles. The summed E-state index contributed by atoms with van der Waals surface area (Å²) in [6, 6.07) is -1.05. The minimum absolute atomic E-state index is 0.134. The molecule has 5 nitrogen and oxygen atoms in total. The number of methoxy groups -OCH3 is 1. The molecule has 0 aromatic heterocycles. The number of hydrogen-bond donors (Lipinski definition) is 2. The van der Waals surface area contributed by atoms with Crippen molar-refractivity contribution in [2.24, 2.45) is 5.73 Å². The number of alkyl halides is 3. The second-order valence-corrected chi connectivity index (χ2v) is 3.49. The van der Waals surface area contributed by atoms with E-state index in [0.29, 0.717) is 4.90 Å². The molecule has 0 bridgehead atoms. The van der Waals surface area contributed by atoms with Gasteiger partial charge in [0.1, 0.15) is 6.54 Å². The van der Waals surface area contributed by atoms with Crippen molar-refractivity contribution in [3.05, 3.63) is 0 Å². The lowest BCUT2D eigenvalue weighted by Gasteiger charge is -2.25. The van der Waals surface area contributed by atoms with Crippen molar-refractivity contribution in [3.8, 4) is 0 Å². The second kappa shape index (κ2) is 7.46. The summed E-state index contributed by atoms with van der Waals surface area (Å²) < 4.78 is 41.2. The summed E-state index contributed by atoms with van der Waals surface area (Å²) in [6.45, 7) is -2.16. The van der Waals surface area contributed by atoms with E-state index in [1.807, 2.05) is 0 Å². The van der Waals surface area contributed by atoms with Gasteiger partial charge in [0.05, 0.1) is 12.6 Å². The molecule has 0 saturated carbocycles. The second-order valence-electron chi connectivity index (χ2n) is 3.49. The highest BCUT2D eigenvalue weighted by atomic mass is 19.4. The van der Waals surface area contributed by atoms with Crippen LogP contribution in [0.25, 0.3) is 0 Å². The van der Waals surface area contributed by atoms with Gasteiger partial charge in [0.15, 0.2) is 0 Å². The SMILES string of the molecule is COCCC(N)C(=O)N(CCO)CC(F)(F)F. The molecular formula is C9H17F3N2O3. The van der Waals surface area contributed by atoms with Gasteiger partial charge in [0.2, 0.25) is 5.91 Å². The first-order valence-electron chi connectivity index (χ1n) is 5.02. The Morgan fingerprint density at radius 2 is 2.12 bits per heavy atom. The summed E-state index contributed by atoms with van der Waals surface area (Å²) in [5, 5.41) is 8.61. The number of hydrogen-bond acceptors (Lipinski definition) is 4. The van der Waals surface area contributed by atoms with Crippen molar-refractivity contribution < 1.29 is 27.8 Å². The van der Waals surface area contributed by atoms with Gasteiger partial charge in [-0.05, 0) is 6.42 Å². The van der Waals surface area contributed by atoms with Crippen LogP contribution in [-0.4, -0.2) is 61.5 Å². The molecule has 0 aliphatic heterocycles. The maximum absolute atomic E-state index is 12.2. The third-order valence-electron chi connectivity index (χ3n) is 2.00. The highest BCUT2D eigenvalue weighted by molar-refractivity contribution is 5.81. The van der Waals surface area contributed by atoms with Gasteiger partial charge >= 0.3 is 6.18 Å². The van der Waals surface area contributed by atoms with Crippen molar-refractivity contribution >= 4 is 5.91 Å². The Morgan fingerprint density at radius 3 is 2.53 bits per heavy atom. The summed E-state index contributed by atoms with van der Waals surface area (Å²) in [7, 11) is 1.40. The predicted molar refractivity (Wildman–Crippen MR) is 54.2 cm³/mol. The number of nitrogens with zero attached hydrogens (tertiary/aromatic N) is 1. The first-order chi connectivity index (χ1) is 7.81. The topological polar surface area (TPSA) is 75.8 Å². The van der Waals surface area contributed by atoms with Crippen LogP contribution in [0, 0.1) is 0 Å². The molecule has 8 heteroatoms. The van der Waals surface area contributed by atoms with Gasteiger partial charge in [-0.15, -0.1) is 0 Å². The normalized spacial score (nSPS) is 13.5. The number of halogens is 3. The quantitative estimate of drug-likeness (QED) is 0.659. The van der Waals surface area contributed by atoms with Crippen LogP contribution in [0.2, 0.25) is 0 Å². The molecule has 17 heavy (non-hydrogen) atoms. The van der Waals surface area contributed by atoms with E-state index < -0.39 is 31.3 Å². The largest absolute Gasteiger partial charge is 0.406 e. The standard InChI is InChI=1S/C9H17F3N2O3/c1-17-5-2-7(13)8(16)14(3-4-15)6-9(10,11)12/h7,15H,2-6,13H2,1H3. The number of aliphatic hydroxyl groups is 1. The van der Waals surface area contributed by atoms with E-state index in [9.17, 15) is 18.0 Å². The van der Waals surface area contributed by atoms with Crippen molar-refractivity contribution in [2.45, 2.75) is 18.6 Å². The fourth-order valence-corrected chi connectivity index (χ4v) is 1.21. The van der Waals surface area contributed by atoms with Crippen LogP contribution >= 0.6 is 0 Å². The highest BCUT2D eigenvalue weighted by Crippen LogP contribution is 2.16. The molecule has 0 aromatic rings. The summed E-state index contributed by atoms with van der Waals surface area (Å²) in [6.07, 6.45) is -4.37. The zero-order valence-electron chi connectivity index (χ0n) is 9.54. The van der Waals surface area contributed by atoms with Crippen LogP contribution in [0.3, 0.4) is 0 Å². The Bertz CT molecular complexity index is 236. The Balaban J connectivity index is 4.42. The van der Waals surface area contributed by atoms with Gasteiger partial charge in [0.25, 0.3) is 0 Å². The Labute approximate surface area is 97.3 Å². The summed E-state index contributed by atoms with van der Waals surface area (Å²) >= 11 is 0. The van der Waals surface area contributed by atoms with Crippen molar-refractivity contribution in [2.75, 3.05) is 33.4 Å². The van der Waals surface area contributed by atoms with E-state index in [1.165, 1.54) is 7.11 Å². The van der Waals surface area contributed by atoms with Gasteiger partial charge in [-0.1, -0.05) is 0 Å². The van der Waals surface area contributed by atoms with Gasteiger partial charge in [-0.25, -0.2) is 0 Å². The van der Waals surface area contributed by atoms with E-state index in [-0.39, 0.29) is 19.6 Å². The molecule has 0 saturated heterocycles. The molecule has 0 radical (unpaired) electrons. The molecule has 1 amide bonds. The van der Waals surface area contributed by atoms with E-state index >= 15 is 0 Å². The number of ether oxygens (including phenoxy) is 1. The zero-order valence-corrected chi connectivity index (χ0v) is 9.54. The van der Waals surface area contributed by atoms with E-state index in [0.717, 1.165) is 0 Å². The fraction of sp³-hybridized carbons (Fsp3) is 0.889. The molecular weight excluding hydrogens is 241 g/mol. The molecule has 0 aliphatic carbocycles. The first kappa shape index (κ1) is 16.1. The van der Waals surface area contributed by atoms with Gasteiger partial charge in [-0.3, -0.25) is 4.79 Å². The van der Waals surface area contributed by atoms with Crippen molar-refractivity contribution in [1.82, 2.24) is 4.90 Å². The number of amides is 1. The van der Waals surface area contributed by atoms with E-state index in [2.05, 4.69) is 4.74 Å². The lowest BCUT2D eigenvalue weighted by Crippen LogP contribution is -2.48. The summed E-state index contributed by atoms with van der Waals surface area (Å²) in [5.41, 5.74) is 5.43. The lowest BCUT2D eigenvalue weighted by molar-refractivity contribution is -0.163. The summed E-state index contributed by atoms with van der Waals surface area (Å²) in [5.74, 6) is -0.839. The third-order valence-corrected chi connectivity index (χ3v) is 2.00. The smallest absolute Gasteiger partial charge is 0.395 e. The first-order valence-corrected chi connectivity index (χ1v) is 5.02. The lowest BCUT2D eigenvalue weighted by atomic mass is 10.2. The van der Waals surface area contributed by atoms with E-state index in [4.69, 9.17) is 10.8 Å². The number of nitrogens with two attached hydrogens (primary N) is 1. The minimum atomic E-state index is -4.51. The molecule has 1 unspecified atom stereocenters. The van der Waals surface area contributed by atoms with Crippen LogP contribution in [0.5, 0.6) is 0 Å². The molecule has 0 fully saturated rings. The monoisotopic (exact) mass is 258 g/mol. The fourth-order valence-electron chi connectivity index (χ4n) is 1.21. The zero-order chi connectivity index (χ0) is 13.5. The molecule has 102 valence electrons. The van der Waals surface area contributed by atoms with Crippen LogP contribution in [0.1, 0.15) is 6.42 Å². The molecule has 3 N–H and O–H groups in total. The van der Waals surface area contributed by atoms with Crippen molar-refractivity contribution in [3.63, 3.8) is 0 Å². The van der Waals surface area contributed by atoms with Crippen LogP contribution in [-0.2, 0) is 9.53 Å². The Morgan fingerprint density at radius 1 is 1.53 bits per heavy atom. The van der Waals surface area contributed by atoms with Gasteiger partial charge < -0.3 is 20.5 Å². The number of carbonyl (C=O) groups is 1. The van der Waals surface area contributed by atoms with Crippen LogP contribution < -0.4 is 5.73 Å². The number of aliphatic hydroxyl groups excluding tert-OH is 1. The number of rotatable bonds is 7. The van der Waals surface area contributed by atoms with Crippen molar-refractivity contribution in [1.29, 1.82) is 0 Å². The van der Waals surface area contributed by atoms with Crippen LogP contribution in [0.4, 0.5) is 13.2 Å². The Kier molecular flexibility index (Phi) is 7.09. The van der Waals surface area contributed by atoms with Gasteiger partial charge in [-0.2, -0.15) is 13.2 Å². The highest BCUT2D eigenvalue weighted by Gasteiger charge is 2.34. The predicted octanol–water partition coefficient (Wildman–Crippen LogP) is -0.267. The average molecular weight is 258 g/mol. The number of carbonyl (C=O) groups excluding carboxylic acids is 1. The molecule has 1 atom stereocenters. The molecule has 0 heterocycles. The maximum atomic E-state index is 12.2. The van der Waals surface area contributed by atoms with Gasteiger partial charge in [0, 0.05) is 20.3 Å². The van der Waals surface area contributed by atoms with E-state index in [1.54, 1.807) is 0 Å². The molecule has 0 rings (SSSR count). The third kappa shape index (κ3) is 7.14. The Hall–Kier alpha value is -0.860.